The Balaban J connectivity index is 2.24. The molecular formula is C13H11N5S. The van der Waals surface area contributed by atoms with Gasteiger partial charge in [0.25, 0.3) is 5.95 Å². The van der Waals surface area contributed by atoms with Gasteiger partial charge in [0.2, 0.25) is 0 Å². The average molecular weight is 269 g/mol. The number of para-hydroxylation sites is 1. The zero-order valence-corrected chi connectivity index (χ0v) is 11.1. The van der Waals surface area contributed by atoms with Gasteiger partial charge in [0.15, 0.2) is 0 Å². The van der Waals surface area contributed by atoms with E-state index in [2.05, 4.69) is 15.1 Å². The Labute approximate surface area is 115 Å². The maximum atomic E-state index is 5.63. The Morgan fingerprint density at radius 1 is 1.26 bits per heavy atom. The van der Waals surface area contributed by atoms with E-state index in [1.165, 1.54) is 0 Å². The second kappa shape index (κ2) is 4.40. The van der Waals surface area contributed by atoms with Gasteiger partial charge in [0, 0.05) is 11.1 Å². The third-order valence-electron chi connectivity index (χ3n) is 2.76. The average Bonchev–Trinajstić information content (AvgIpc) is 2.81. The third kappa shape index (κ3) is 2.06. The van der Waals surface area contributed by atoms with Gasteiger partial charge in [-0.3, -0.25) is 0 Å². The van der Waals surface area contributed by atoms with Crippen LogP contribution < -0.4 is 5.73 Å². The van der Waals surface area contributed by atoms with Crippen molar-refractivity contribution < 1.29 is 0 Å². The summed E-state index contributed by atoms with van der Waals surface area (Å²) < 4.78 is 1.68. The standard InChI is InChI=1S/C13H11N5S/c1-8-6-10(12(14)19)17-13(16-8)18-11-5-3-2-4-9(11)7-15-18/h2-7H,1H3,(H2,14,19). The number of rotatable bonds is 2. The summed E-state index contributed by atoms with van der Waals surface area (Å²) in [6.07, 6.45) is 1.78. The molecule has 0 unspecified atom stereocenters. The molecule has 1 aromatic carbocycles. The van der Waals surface area contributed by atoms with Gasteiger partial charge in [-0.25, -0.2) is 9.97 Å². The van der Waals surface area contributed by atoms with E-state index in [0.29, 0.717) is 11.6 Å². The monoisotopic (exact) mass is 269 g/mol. The largest absolute Gasteiger partial charge is 0.388 e. The first-order valence-electron chi connectivity index (χ1n) is 5.74. The molecule has 0 saturated carbocycles. The molecule has 2 heterocycles. The molecule has 0 aliphatic carbocycles. The highest BCUT2D eigenvalue weighted by Crippen LogP contribution is 2.16. The lowest BCUT2D eigenvalue weighted by molar-refractivity contribution is 0.822. The van der Waals surface area contributed by atoms with E-state index in [1.54, 1.807) is 16.9 Å². The van der Waals surface area contributed by atoms with Gasteiger partial charge >= 0.3 is 0 Å². The van der Waals surface area contributed by atoms with Crippen molar-refractivity contribution in [1.29, 1.82) is 0 Å². The van der Waals surface area contributed by atoms with Gasteiger partial charge in [0.1, 0.15) is 10.7 Å². The molecule has 0 amide bonds. The first-order valence-corrected chi connectivity index (χ1v) is 6.14. The normalized spacial score (nSPS) is 10.8. The van der Waals surface area contributed by atoms with Crippen LogP contribution in [-0.2, 0) is 0 Å². The third-order valence-corrected chi connectivity index (χ3v) is 2.97. The number of hydrogen-bond acceptors (Lipinski definition) is 4. The smallest absolute Gasteiger partial charge is 0.251 e. The van der Waals surface area contributed by atoms with E-state index in [1.807, 2.05) is 31.2 Å². The summed E-state index contributed by atoms with van der Waals surface area (Å²) in [6, 6.07) is 9.63. The molecule has 3 aromatic rings. The molecule has 0 fully saturated rings. The van der Waals surface area contributed by atoms with Crippen molar-refractivity contribution in [2.75, 3.05) is 0 Å². The number of aromatic nitrogens is 4. The minimum atomic E-state index is 0.253. The Bertz CT molecular complexity index is 778. The van der Waals surface area contributed by atoms with Crippen molar-refractivity contribution in [3.63, 3.8) is 0 Å². The molecule has 5 nitrogen and oxygen atoms in total. The van der Waals surface area contributed by atoms with Gasteiger partial charge < -0.3 is 5.73 Å². The summed E-state index contributed by atoms with van der Waals surface area (Å²) in [5, 5.41) is 5.35. The molecule has 0 aliphatic rings. The van der Waals surface area contributed by atoms with Gasteiger partial charge in [-0.05, 0) is 19.1 Å². The first-order chi connectivity index (χ1) is 9.15. The van der Waals surface area contributed by atoms with E-state index >= 15 is 0 Å². The summed E-state index contributed by atoms with van der Waals surface area (Å²) in [7, 11) is 0. The lowest BCUT2D eigenvalue weighted by Crippen LogP contribution is -2.15. The van der Waals surface area contributed by atoms with E-state index in [4.69, 9.17) is 18.0 Å². The molecule has 19 heavy (non-hydrogen) atoms. The van der Waals surface area contributed by atoms with Crippen LogP contribution in [0.5, 0.6) is 0 Å². The van der Waals surface area contributed by atoms with Gasteiger partial charge in [-0.1, -0.05) is 30.4 Å². The van der Waals surface area contributed by atoms with Crippen molar-refractivity contribution in [1.82, 2.24) is 19.7 Å². The number of benzene rings is 1. The van der Waals surface area contributed by atoms with E-state index in [9.17, 15) is 0 Å². The van der Waals surface area contributed by atoms with Gasteiger partial charge in [-0.2, -0.15) is 9.78 Å². The second-order valence-electron chi connectivity index (χ2n) is 4.17. The maximum Gasteiger partial charge on any atom is 0.251 e. The Kier molecular flexibility index (Phi) is 2.72. The van der Waals surface area contributed by atoms with Crippen LogP contribution in [0, 0.1) is 6.92 Å². The fraction of sp³-hybridized carbons (Fsp3) is 0.0769. The number of fused-ring (bicyclic) bond motifs is 1. The van der Waals surface area contributed by atoms with Crippen molar-refractivity contribution in [3.05, 3.63) is 47.9 Å². The van der Waals surface area contributed by atoms with Crippen LogP contribution in [0.2, 0.25) is 0 Å². The van der Waals surface area contributed by atoms with Crippen LogP contribution in [0.25, 0.3) is 16.9 Å². The Hall–Kier alpha value is -2.34. The van der Waals surface area contributed by atoms with Gasteiger partial charge in [-0.15, -0.1) is 0 Å². The molecule has 94 valence electrons. The fourth-order valence-electron chi connectivity index (χ4n) is 1.90. The van der Waals surface area contributed by atoms with Crippen LogP contribution in [0.4, 0.5) is 0 Å². The van der Waals surface area contributed by atoms with Crippen molar-refractivity contribution >= 4 is 28.1 Å². The number of aryl methyl sites for hydroxylation is 1. The lowest BCUT2D eigenvalue weighted by atomic mass is 10.3. The molecule has 0 spiro atoms. The molecule has 6 heteroatoms. The number of nitrogens with zero attached hydrogens (tertiary/aromatic N) is 4. The molecule has 0 atom stereocenters. The highest BCUT2D eigenvalue weighted by atomic mass is 32.1. The number of hydrogen-bond donors (Lipinski definition) is 1. The molecule has 2 N–H and O–H groups in total. The maximum absolute atomic E-state index is 5.63. The minimum absolute atomic E-state index is 0.253. The van der Waals surface area contributed by atoms with Crippen molar-refractivity contribution in [2.24, 2.45) is 5.73 Å². The van der Waals surface area contributed by atoms with Crippen LogP contribution in [-0.4, -0.2) is 24.7 Å². The quantitative estimate of drug-likeness (QED) is 0.718. The van der Waals surface area contributed by atoms with E-state index in [-0.39, 0.29) is 4.99 Å². The SMILES string of the molecule is Cc1cc(C(N)=S)nc(-n2ncc3ccccc32)n1. The lowest BCUT2D eigenvalue weighted by Gasteiger charge is -2.05. The van der Waals surface area contributed by atoms with Crippen LogP contribution in [0.15, 0.2) is 36.5 Å². The second-order valence-corrected chi connectivity index (χ2v) is 4.61. The predicted molar refractivity (Wildman–Crippen MR) is 77.3 cm³/mol. The first kappa shape index (κ1) is 11.7. The Morgan fingerprint density at radius 2 is 2.05 bits per heavy atom. The van der Waals surface area contributed by atoms with Crippen LogP contribution in [0.1, 0.15) is 11.4 Å². The molecule has 2 aromatic heterocycles. The topological polar surface area (TPSA) is 69.6 Å². The Morgan fingerprint density at radius 3 is 2.84 bits per heavy atom. The molecule has 0 saturated heterocycles. The van der Waals surface area contributed by atoms with Crippen LogP contribution >= 0.6 is 12.2 Å². The highest BCUT2D eigenvalue weighted by Gasteiger charge is 2.10. The molecule has 0 bridgehead atoms. The zero-order chi connectivity index (χ0) is 13.4. The van der Waals surface area contributed by atoms with Crippen molar-refractivity contribution in [2.45, 2.75) is 6.92 Å². The summed E-state index contributed by atoms with van der Waals surface area (Å²) in [4.78, 5) is 8.98. The summed E-state index contributed by atoms with van der Waals surface area (Å²) in [5.74, 6) is 0.476. The fourth-order valence-corrected chi connectivity index (χ4v) is 2.01. The highest BCUT2D eigenvalue weighted by molar-refractivity contribution is 7.80. The molecule has 3 rings (SSSR count). The van der Waals surface area contributed by atoms with Gasteiger partial charge in [0.05, 0.1) is 11.7 Å². The minimum Gasteiger partial charge on any atom is -0.388 e. The molecular weight excluding hydrogens is 258 g/mol. The predicted octanol–water partition coefficient (Wildman–Crippen LogP) is 1.76. The summed E-state index contributed by atoms with van der Waals surface area (Å²) in [6.45, 7) is 1.87. The summed E-state index contributed by atoms with van der Waals surface area (Å²) in [5.41, 5.74) is 7.93. The van der Waals surface area contributed by atoms with E-state index in [0.717, 1.165) is 16.6 Å². The number of nitrogens with two attached hydrogens (primary N) is 1. The molecule has 0 radical (unpaired) electrons. The number of thiocarbonyl (C=S) groups is 1. The van der Waals surface area contributed by atoms with Crippen LogP contribution in [0.3, 0.4) is 0 Å². The summed E-state index contributed by atoms with van der Waals surface area (Å²) >= 11 is 4.96. The zero-order valence-electron chi connectivity index (χ0n) is 10.2. The van der Waals surface area contributed by atoms with E-state index < -0.39 is 0 Å². The molecule has 0 aliphatic heterocycles. The van der Waals surface area contributed by atoms with Crippen molar-refractivity contribution in [3.8, 4) is 5.95 Å².